The third-order valence-electron chi connectivity index (χ3n) is 4.91. The van der Waals surface area contributed by atoms with Crippen molar-refractivity contribution in [2.75, 3.05) is 50.6 Å². The van der Waals surface area contributed by atoms with E-state index in [0.29, 0.717) is 32.0 Å². The highest BCUT2D eigenvalue weighted by Gasteiger charge is 2.26. The molecule has 0 radical (unpaired) electrons. The summed E-state index contributed by atoms with van der Waals surface area (Å²) in [5.74, 6) is -0.184. The second-order valence-corrected chi connectivity index (χ2v) is 9.04. The Balaban J connectivity index is 1.66. The lowest BCUT2D eigenvalue weighted by molar-refractivity contribution is -0.705. The van der Waals surface area contributed by atoms with Gasteiger partial charge in [-0.25, -0.2) is 8.42 Å². The highest BCUT2D eigenvalue weighted by atomic mass is 32.2. The van der Waals surface area contributed by atoms with E-state index < -0.39 is 16.1 Å². The number of amides is 1. The van der Waals surface area contributed by atoms with E-state index in [9.17, 15) is 13.2 Å². The number of ether oxygens (including phenoxy) is 1. The van der Waals surface area contributed by atoms with Gasteiger partial charge in [0.15, 0.2) is 12.4 Å². The van der Waals surface area contributed by atoms with E-state index >= 15 is 0 Å². The minimum atomic E-state index is -3.55. The number of hydrogen-bond donors (Lipinski definition) is 1. The molecule has 0 spiro atoms. The number of aromatic nitrogens is 1. The van der Waals surface area contributed by atoms with Gasteiger partial charge in [0.2, 0.25) is 16.1 Å². The molecule has 9 heteroatoms. The van der Waals surface area contributed by atoms with Crippen LogP contribution in [0.3, 0.4) is 0 Å². The Morgan fingerprint density at radius 3 is 2.24 bits per heavy atom. The molecule has 0 saturated carbocycles. The molecular weight excluding hydrogens is 392 g/mol. The molecule has 2 heterocycles. The number of morpholine rings is 1. The maximum Gasteiger partial charge on any atom is 0.293 e. The lowest BCUT2D eigenvalue weighted by Crippen LogP contribution is -2.44. The monoisotopic (exact) mass is 419 g/mol. The summed E-state index contributed by atoms with van der Waals surface area (Å²) in [6, 6.07) is 9.72. The molecule has 2 aromatic rings. The predicted octanol–water partition coefficient (Wildman–Crippen LogP) is 1.26. The van der Waals surface area contributed by atoms with Gasteiger partial charge in [-0.05, 0) is 24.3 Å². The number of nitrogens with one attached hydrogen (secondary N) is 1. The number of carbonyl (C=O) groups excluding carboxylic acids is 1. The van der Waals surface area contributed by atoms with Crippen molar-refractivity contribution in [1.82, 2.24) is 4.31 Å². The first-order valence-corrected chi connectivity index (χ1v) is 10.9. The minimum absolute atomic E-state index is 0.184. The van der Waals surface area contributed by atoms with Gasteiger partial charge in [0, 0.05) is 57.6 Å². The fraction of sp³-hybridized carbons (Fsp3) is 0.400. The molecular formula is C20H27N4O4S+. The molecule has 1 atom stereocenters. The van der Waals surface area contributed by atoms with Gasteiger partial charge < -0.3 is 15.0 Å². The van der Waals surface area contributed by atoms with Gasteiger partial charge >= 0.3 is 0 Å². The second kappa shape index (κ2) is 8.89. The van der Waals surface area contributed by atoms with Gasteiger partial charge in [0.1, 0.15) is 0 Å². The molecule has 0 unspecified atom stereocenters. The van der Waals surface area contributed by atoms with Crippen LogP contribution < -0.4 is 14.8 Å². The summed E-state index contributed by atoms with van der Waals surface area (Å²) < 4.78 is 33.8. The summed E-state index contributed by atoms with van der Waals surface area (Å²) in [6.45, 7) is 3.31. The summed E-state index contributed by atoms with van der Waals surface area (Å²) in [6.07, 6.45) is 3.72. The van der Waals surface area contributed by atoms with E-state index in [2.05, 4.69) is 5.32 Å². The Morgan fingerprint density at radius 2 is 1.69 bits per heavy atom. The van der Waals surface area contributed by atoms with Gasteiger partial charge in [0.05, 0.1) is 18.1 Å². The van der Waals surface area contributed by atoms with Crippen molar-refractivity contribution in [3.05, 3.63) is 48.8 Å². The highest BCUT2D eigenvalue weighted by molar-refractivity contribution is 7.89. The summed E-state index contributed by atoms with van der Waals surface area (Å²) in [5.41, 5.74) is 1.60. The molecule has 1 aliphatic heterocycles. The lowest BCUT2D eigenvalue weighted by atomic mass is 10.2. The highest BCUT2D eigenvalue weighted by Crippen LogP contribution is 2.20. The van der Waals surface area contributed by atoms with Crippen molar-refractivity contribution in [1.29, 1.82) is 0 Å². The number of nitrogens with zero attached hydrogens (tertiary/aromatic N) is 3. The van der Waals surface area contributed by atoms with Crippen molar-refractivity contribution >= 4 is 27.3 Å². The van der Waals surface area contributed by atoms with E-state index in [-0.39, 0.29) is 10.8 Å². The van der Waals surface area contributed by atoms with E-state index in [1.54, 1.807) is 12.1 Å². The smallest absolute Gasteiger partial charge is 0.293 e. The molecule has 1 fully saturated rings. The summed E-state index contributed by atoms with van der Waals surface area (Å²) in [7, 11) is 0.369. The summed E-state index contributed by atoms with van der Waals surface area (Å²) >= 11 is 0. The summed E-state index contributed by atoms with van der Waals surface area (Å²) in [4.78, 5) is 14.8. The van der Waals surface area contributed by atoms with Crippen molar-refractivity contribution in [3.63, 3.8) is 0 Å². The predicted molar refractivity (Wildman–Crippen MR) is 110 cm³/mol. The molecule has 29 heavy (non-hydrogen) atoms. The first-order valence-electron chi connectivity index (χ1n) is 9.46. The van der Waals surface area contributed by atoms with Gasteiger partial charge in [0.25, 0.3) is 5.91 Å². The molecule has 156 valence electrons. The molecule has 3 rings (SSSR count). The Bertz CT molecular complexity index is 937. The van der Waals surface area contributed by atoms with Crippen molar-refractivity contribution < 1.29 is 22.5 Å². The number of anilines is 2. The van der Waals surface area contributed by atoms with Crippen LogP contribution in [0.5, 0.6) is 0 Å². The normalized spacial score (nSPS) is 16.2. The van der Waals surface area contributed by atoms with Gasteiger partial charge in [-0.2, -0.15) is 8.87 Å². The second-order valence-electron chi connectivity index (χ2n) is 7.10. The van der Waals surface area contributed by atoms with Crippen LogP contribution >= 0.6 is 0 Å². The maximum absolute atomic E-state index is 12.7. The fourth-order valence-corrected chi connectivity index (χ4v) is 4.42. The number of sulfonamides is 1. The third kappa shape index (κ3) is 4.92. The Hall–Kier alpha value is -2.49. The van der Waals surface area contributed by atoms with Crippen molar-refractivity contribution in [2.45, 2.75) is 17.9 Å². The van der Waals surface area contributed by atoms with Crippen LogP contribution in [0.25, 0.3) is 0 Å². The Morgan fingerprint density at radius 1 is 1.10 bits per heavy atom. The summed E-state index contributed by atoms with van der Waals surface area (Å²) in [5, 5.41) is 2.84. The van der Waals surface area contributed by atoms with E-state index in [1.807, 2.05) is 55.0 Å². The number of hydrogen-bond acceptors (Lipinski definition) is 5. The van der Waals surface area contributed by atoms with Gasteiger partial charge in [-0.15, -0.1) is 0 Å². The molecule has 0 bridgehead atoms. The van der Waals surface area contributed by atoms with Crippen LogP contribution in [0.4, 0.5) is 11.4 Å². The standard InChI is InChI=1S/C20H26N4O4S/c1-16(23-10-8-18(9-11-23)22(2)3)20(25)21-17-4-6-19(7-5-17)29(26,27)24-12-14-28-15-13-24/h4-11,16H,12-15H2,1-3H3/p+1/t16-/m1/s1. The number of rotatable bonds is 6. The topological polar surface area (TPSA) is 82.8 Å². The Labute approximate surface area is 171 Å². The molecule has 1 amide bonds. The average Bonchev–Trinajstić information content (AvgIpc) is 2.74. The zero-order valence-corrected chi connectivity index (χ0v) is 17.7. The van der Waals surface area contributed by atoms with Gasteiger partial charge in [-0.1, -0.05) is 0 Å². The SMILES string of the molecule is C[C@H](C(=O)Nc1ccc(S(=O)(=O)N2CCOCC2)cc1)[n+]1ccc(N(C)C)cc1. The molecule has 8 nitrogen and oxygen atoms in total. The third-order valence-corrected chi connectivity index (χ3v) is 6.82. The number of carbonyl (C=O) groups is 1. The van der Waals surface area contributed by atoms with Crippen molar-refractivity contribution in [2.24, 2.45) is 0 Å². The van der Waals surface area contributed by atoms with Crippen LogP contribution in [0.1, 0.15) is 13.0 Å². The van der Waals surface area contributed by atoms with E-state index in [1.165, 1.54) is 16.4 Å². The first kappa shape index (κ1) is 21.2. The molecule has 1 aliphatic rings. The fourth-order valence-electron chi connectivity index (χ4n) is 3.01. The van der Waals surface area contributed by atoms with Crippen LogP contribution in [-0.4, -0.2) is 59.0 Å². The van der Waals surface area contributed by atoms with Gasteiger partial charge in [-0.3, -0.25) is 4.79 Å². The first-order chi connectivity index (χ1) is 13.8. The lowest BCUT2D eigenvalue weighted by Gasteiger charge is -2.26. The maximum atomic E-state index is 12.7. The van der Waals surface area contributed by atoms with Crippen LogP contribution in [0.2, 0.25) is 0 Å². The minimum Gasteiger partial charge on any atom is -0.379 e. The Kier molecular flexibility index (Phi) is 6.51. The van der Waals surface area contributed by atoms with Crippen molar-refractivity contribution in [3.8, 4) is 0 Å². The molecule has 1 saturated heterocycles. The van der Waals surface area contributed by atoms with Crippen LogP contribution in [0, 0.1) is 0 Å². The molecule has 1 aromatic heterocycles. The quantitative estimate of drug-likeness (QED) is 0.713. The zero-order valence-electron chi connectivity index (χ0n) is 16.9. The van der Waals surface area contributed by atoms with E-state index in [0.717, 1.165) is 5.69 Å². The zero-order chi connectivity index (χ0) is 21.0. The number of benzene rings is 1. The molecule has 0 aliphatic carbocycles. The molecule has 1 aromatic carbocycles. The van der Waals surface area contributed by atoms with E-state index in [4.69, 9.17) is 4.74 Å². The average molecular weight is 420 g/mol. The number of pyridine rings is 1. The van der Waals surface area contributed by atoms with Crippen LogP contribution in [0.15, 0.2) is 53.7 Å². The largest absolute Gasteiger partial charge is 0.379 e. The van der Waals surface area contributed by atoms with Crippen LogP contribution in [-0.2, 0) is 19.6 Å². The molecule has 1 N–H and O–H groups in total.